The van der Waals surface area contributed by atoms with Gasteiger partial charge in [0.1, 0.15) is 12.9 Å². The number of oxime groups is 1. The molecule has 3 nitrogen and oxygen atoms in total. The van der Waals surface area contributed by atoms with Crippen molar-refractivity contribution >= 4 is 5.71 Å². The van der Waals surface area contributed by atoms with Gasteiger partial charge in [-0.1, -0.05) is 5.16 Å². The lowest BCUT2D eigenvalue weighted by molar-refractivity contribution is 0.213. The minimum Gasteiger partial charge on any atom is -0.508 e. The van der Waals surface area contributed by atoms with Crippen LogP contribution in [-0.2, 0) is 4.84 Å². The second kappa shape index (κ2) is 3.76. The monoisotopic (exact) mass is 165 g/mol. The van der Waals surface area contributed by atoms with Gasteiger partial charge in [0.25, 0.3) is 0 Å². The summed E-state index contributed by atoms with van der Waals surface area (Å²) in [6, 6.07) is 6.80. The summed E-state index contributed by atoms with van der Waals surface area (Å²) < 4.78 is 0. The van der Waals surface area contributed by atoms with Gasteiger partial charge in [0.05, 0.1) is 5.71 Å². The van der Waals surface area contributed by atoms with E-state index in [2.05, 4.69) is 9.99 Å². The zero-order valence-electron chi connectivity index (χ0n) is 7.11. The Morgan fingerprint density at radius 3 is 2.42 bits per heavy atom. The van der Waals surface area contributed by atoms with Crippen molar-refractivity contribution in [3.63, 3.8) is 0 Å². The predicted molar refractivity (Wildman–Crippen MR) is 47.3 cm³/mol. The molecule has 0 amide bonds. The highest BCUT2D eigenvalue weighted by molar-refractivity contribution is 5.98. The van der Waals surface area contributed by atoms with Gasteiger partial charge >= 0.3 is 0 Å². The average molecular weight is 165 g/mol. The van der Waals surface area contributed by atoms with Crippen LogP contribution in [0.3, 0.4) is 0 Å². The van der Waals surface area contributed by atoms with E-state index >= 15 is 0 Å². The molecule has 0 radical (unpaired) electrons. The van der Waals surface area contributed by atoms with Crippen LogP contribution in [0.5, 0.6) is 5.75 Å². The van der Waals surface area contributed by atoms with Gasteiger partial charge in [0.15, 0.2) is 0 Å². The van der Waals surface area contributed by atoms with Crippen molar-refractivity contribution in [1.82, 2.24) is 0 Å². The summed E-state index contributed by atoms with van der Waals surface area (Å²) in [6.45, 7) is 1.84. The highest BCUT2D eigenvalue weighted by atomic mass is 16.6. The molecule has 0 fully saturated rings. The van der Waals surface area contributed by atoms with Crippen LogP contribution in [0.4, 0.5) is 0 Å². The molecule has 0 aliphatic heterocycles. The number of nitrogens with zero attached hydrogens (tertiary/aromatic N) is 1. The van der Waals surface area contributed by atoms with E-state index in [0.717, 1.165) is 11.3 Å². The number of phenols is 1. The Kier molecular flexibility index (Phi) is 2.69. The molecule has 0 aliphatic carbocycles. The summed E-state index contributed by atoms with van der Waals surface area (Å²) in [5.74, 6) is 0.254. The molecule has 0 saturated heterocycles. The van der Waals surface area contributed by atoms with E-state index in [1.165, 1.54) is 7.11 Å². The van der Waals surface area contributed by atoms with E-state index < -0.39 is 0 Å². The maximum Gasteiger partial charge on any atom is 0.115 e. The van der Waals surface area contributed by atoms with Gasteiger partial charge in [0.2, 0.25) is 0 Å². The largest absolute Gasteiger partial charge is 0.508 e. The lowest BCUT2D eigenvalue weighted by Gasteiger charge is -1.98. The maximum atomic E-state index is 9.00. The van der Waals surface area contributed by atoms with Crippen LogP contribution in [0.1, 0.15) is 12.5 Å². The fourth-order valence-electron chi connectivity index (χ4n) is 0.892. The Morgan fingerprint density at radius 1 is 1.33 bits per heavy atom. The van der Waals surface area contributed by atoms with Crippen LogP contribution in [-0.4, -0.2) is 17.9 Å². The molecule has 12 heavy (non-hydrogen) atoms. The molecule has 0 unspecified atom stereocenters. The van der Waals surface area contributed by atoms with E-state index in [0.29, 0.717) is 0 Å². The van der Waals surface area contributed by atoms with Crippen molar-refractivity contribution in [3.8, 4) is 5.75 Å². The summed E-state index contributed by atoms with van der Waals surface area (Å²) >= 11 is 0. The van der Waals surface area contributed by atoms with Gasteiger partial charge in [-0.25, -0.2) is 0 Å². The summed E-state index contributed by atoms with van der Waals surface area (Å²) in [4.78, 5) is 4.61. The minimum absolute atomic E-state index is 0.254. The Balaban J connectivity index is 2.89. The molecule has 0 saturated carbocycles. The van der Waals surface area contributed by atoms with Gasteiger partial charge < -0.3 is 9.94 Å². The first-order valence-electron chi connectivity index (χ1n) is 3.61. The second-order valence-corrected chi connectivity index (χ2v) is 2.41. The topological polar surface area (TPSA) is 41.8 Å². The molecule has 0 aliphatic rings. The molecule has 0 atom stereocenters. The van der Waals surface area contributed by atoms with Crippen molar-refractivity contribution in [2.24, 2.45) is 5.16 Å². The molecule has 64 valence electrons. The molecule has 1 N–H and O–H groups in total. The third-order valence-corrected chi connectivity index (χ3v) is 1.51. The van der Waals surface area contributed by atoms with Crippen molar-refractivity contribution < 1.29 is 9.94 Å². The fraction of sp³-hybridized carbons (Fsp3) is 0.222. The molecular weight excluding hydrogens is 154 g/mol. The quantitative estimate of drug-likeness (QED) is 0.536. The molecule has 0 spiro atoms. The third-order valence-electron chi connectivity index (χ3n) is 1.51. The number of hydrogen-bond acceptors (Lipinski definition) is 3. The maximum absolute atomic E-state index is 9.00. The van der Waals surface area contributed by atoms with E-state index in [-0.39, 0.29) is 5.75 Å². The Labute approximate surface area is 71.3 Å². The zero-order valence-corrected chi connectivity index (χ0v) is 7.11. The first-order chi connectivity index (χ1) is 5.74. The fourth-order valence-corrected chi connectivity index (χ4v) is 0.892. The smallest absolute Gasteiger partial charge is 0.115 e. The van der Waals surface area contributed by atoms with Crippen LogP contribution in [0.15, 0.2) is 29.4 Å². The van der Waals surface area contributed by atoms with Gasteiger partial charge in [-0.05, 0) is 36.8 Å². The van der Waals surface area contributed by atoms with E-state index in [9.17, 15) is 0 Å². The van der Waals surface area contributed by atoms with Crippen molar-refractivity contribution in [2.45, 2.75) is 6.92 Å². The average Bonchev–Trinajstić information content (AvgIpc) is 2.06. The molecule has 0 bridgehead atoms. The van der Waals surface area contributed by atoms with Gasteiger partial charge in [-0.3, -0.25) is 0 Å². The number of hydrogen-bond donors (Lipinski definition) is 1. The van der Waals surface area contributed by atoms with Crippen LogP contribution in [0.2, 0.25) is 0 Å². The van der Waals surface area contributed by atoms with Gasteiger partial charge in [-0.2, -0.15) is 0 Å². The highest BCUT2D eigenvalue weighted by Crippen LogP contribution is 2.10. The van der Waals surface area contributed by atoms with Crippen molar-refractivity contribution in [3.05, 3.63) is 29.8 Å². The SMILES string of the molecule is CON=C(C)c1ccc(O)cc1. The number of aromatic hydroxyl groups is 1. The zero-order chi connectivity index (χ0) is 8.97. The molecule has 1 rings (SSSR count). The van der Waals surface area contributed by atoms with Crippen LogP contribution in [0.25, 0.3) is 0 Å². The Morgan fingerprint density at radius 2 is 1.92 bits per heavy atom. The lowest BCUT2D eigenvalue weighted by atomic mass is 10.1. The van der Waals surface area contributed by atoms with E-state index in [1.807, 2.05) is 6.92 Å². The van der Waals surface area contributed by atoms with E-state index in [1.54, 1.807) is 24.3 Å². The summed E-state index contributed by atoms with van der Waals surface area (Å²) in [5.41, 5.74) is 1.73. The summed E-state index contributed by atoms with van der Waals surface area (Å²) in [7, 11) is 1.50. The van der Waals surface area contributed by atoms with Crippen molar-refractivity contribution in [1.29, 1.82) is 0 Å². The standard InChI is InChI=1S/C9H11NO2/c1-7(10-12-2)8-3-5-9(11)6-4-8/h3-6,11H,1-2H3. The number of benzene rings is 1. The number of rotatable bonds is 2. The van der Waals surface area contributed by atoms with Crippen LogP contribution >= 0.6 is 0 Å². The molecule has 3 heteroatoms. The Bertz CT molecular complexity index is 277. The second-order valence-electron chi connectivity index (χ2n) is 2.41. The van der Waals surface area contributed by atoms with Gasteiger partial charge in [-0.15, -0.1) is 0 Å². The number of phenolic OH excluding ortho intramolecular Hbond substituents is 1. The van der Waals surface area contributed by atoms with Crippen LogP contribution < -0.4 is 0 Å². The molecular formula is C9H11NO2. The van der Waals surface area contributed by atoms with Crippen LogP contribution in [0, 0.1) is 0 Å². The summed E-state index contributed by atoms with van der Waals surface area (Å²) in [5, 5.41) is 12.8. The van der Waals surface area contributed by atoms with E-state index in [4.69, 9.17) is 5.11 Å². The molecule has 0 aromatic heterocycles. The summed E-state index contributed by atoms with van der Waals surface area (Å²) in [6.07, 6.45) is 0. The molecule has 1 aromatic carbocycles. The lowest BCUT2D eigenvalue weighted by Crippen LogP contribution is -1.93. The Hall–Kier alpha value is -1.51. The van der Waals surface area contributed by atoms with Crippen molar-refractivity contribution in [2.75, 3.05) is 7.11 Å². The highest BCUT2D eigenvalue weighted by Gasteiger charge is 1.96. The molecule has 1 aromatic rings. The minimum atomic E-state index is 0.254. The molecule has 0 heterocycles. The predicted octanol–water partition coefficient (Wildman–Crippen LogP) is 1.76. The van der Waals surface area contributed by atoms with Gasteiger partial charge in [0, 0.05) is 0 Å². The normalized spacial score (nSPS) is 11.3. The first kappa shape index (κ1) is 8.59. The first-order valence-corrected chi connectivity index (χ1v) is 3.61. The third kappa shape index (κ3) is 1.99.